The summed E-state index contributed by atoms with van der Waals surface area (Å²) in [5.41, 5.74) is 1.99. The molecule has 3 atom stereocenters. The predicted molar refractivity (Wildman–Crippen MR) is 132 cm³/mol. The van der Waals surface area contributed by atoms with Crippen molar-refractivity contribution in [2.75, 3.05) is 39.2 Å². The van der Waals surface area contributed by atoms with Crippen LogP contribution in [0.1, 0.15) is 43.2 Å². The Balaban J connectivity index is 1.93. The van der Waals surface area contributed by atoms with Gasteiger partial charge in [0.25, 0.3) is 5.91 Å². The van der Waals surface area contributed by atoms with E-state index in [1.807, 2.05) is 18.2 Å². The fourth-order valence-electron chi connectivity index (χ4n) is 4.10. The highest BCUT2D eigenvalue weighted by Crippen LogP contribution is 2.27. The van der Waals surface area contributed by atoms with E-state index in [2.05, 4.69) is 29.0 Å². The van der Waals surface area contributed by atoms with Crippen LogP contribution in [0.5, 0.6) is 5.75 Å². The number of hydrogen-bond donors (Lipinski definition) is 1. The maximum absolute atomic E-state index is 13.4. The van der Waals surface area contributed by atoms with Crippen LogP contribution >= 0.6 is 0 Å². The molecule has 2 heterocycles. The van der Waals surface area contributed by atoms with Gasteiger partial charge in [-0.25, -0.2) is 0 Å². The number of methoxy groups -OCH3 is 1. The van der Waals surface area contributed by atoms with Crippen molar-refractivity contribution in [3.63, 3.8) is 0 Å². The van der Waals surface area contributed by atoms with Gasteiger partial charge in [0.2, 0.25) is 5.91 Å². The summed E-state index contributed by atoms with van der Waals surface area (Å²) in [6.45, 7) is 8.35. The summed E-state index contributed by atoms with van der Waals surface area (Å²) in [5.74, 6) is 0.386. The fraction of sp³-hybridized carbons (Fsp3) is 0.500. The lowest BCUT2D eigenvalue weighted by molar-refractivity contribution is -0.115. The molecule has 2 aromatic rings. The van der Waals surface area contributed by atoms with Gasteiger partial charge in [0.1, 0.15) is 12.4 Å². The number of ether oxygens (including phenoxy) is 2. The van der Waals surface area contributed by atoms with Gasteiger partial charge in [0, 0.05) is 58.1 Å². The summed E-state index contributed by atoms with van der Waals surface area (Å²) in [6, 6.07) is 11.2. The molecular weight excluding hydrogens is 432 g/mol. The number of carbonyl (C=O) groups excluding carboxylic acids is 2. The molecule has 0 radical (unpaired) electrons. The highest BCUT2D eigenvalue weighted by Gasteiger charge is 2.28. The number of aromatic nitrogens is 1. The molecule has 8 nitrogen and oxygen atoms in total. The van der Waals surface area contributed by atoms with Crippen molar-refractivity contribution in [2.45, 2.75) is 45.9 Å². The lowest BCUT2D eigenvalue weighted by atomic mass is 10.0. The number of rotatable bonds is 5. The Hall–Kier alpha value is -2.97. The van der Waals surface area contributed by atoms with Gasteiger partial charge in [0.15, 0.2) is 0 Å². The first-order chi connectivity index (χ1) is 16.3. The first-order valence-electron chi connectivity index (χ1n) is 11.8. The van der Waals surface area contributed by atoms with Gasteiger partial charge in [-0.1, -0.05) is 19.9 Å². The SMILES string of the molecule is CCC(=O)Nc1ccc2c(c1)C(=O)N(C)C[C@@H](OC)[C@H](C)CN(Cc1ccccn1)[C@H](C)CO2. The molecule has 0 aliphatic carbocycles. The molecule has 0 fully saturated rings. The first-order valence-corrected chi connectivity index (χ1v) is 11.8. The van der Waals surface area contributed by atoms with Crippen LogP contribution in [0.25, 0.3) is 0 Å². The van der Waals surface area contributed by atoms with Crippen LogP contribution in [0.3, 0.4) is 0 Å². The molecule has 0 saturated heterocycles. The zero-order valence-corrected chi connectivity index (χ0v) is 20.8. The Kier molecular flexibility index (Phi) is 9.01. The van der Waals surface area contributed by atoms with Gasteiger partial charge in [-0.15, -0.1) is 0 Å². The molecule has 0 spiro atoms. The summed E-state index contributed by atoms with van der Waals surface area (Å²) >= 11 is 0. The van der Waals surface area contributed by atoms with Crippen molar-refractivity contribution in [3.05, 3.63) is 53.9 Å². The highest BCUT2D eigenvalue weighted by molar-refractivity contribution is 5.99. The molecule has 1 N–H and O–H groups in total. The standard InChI is InChI=1S/C26H36N4O4/c1-6-25(31)28-20-10-11-23-22(13-20)26(32)29(4)16-24(33-5)18(2)14-30(19(3)17-34-23)15-21-9-7-8-12-27-21/h7-13,18-19,24H,6,14-17H2,1-5H3,(H,28,31)/t18-,19-,24-/m1/s1. The van der Waals surface area contributed by atoms with E-state index in [1.54, 1.807) is 50.4 Å². The van der Waals surface area contributed by atoms with Crippen molar-refractivity contribution in [1.82, 2.24) is 14.8 Å². The van der Waals surface area contributed by atoms with Gasteiger partial charge >= 0.3 is 0 Å². The molecule has 0 saturated carbocycles. The Morgan fingerprint density at radius 3 is 2.71 bits per heavy atom. The van der Waals surface area contributed by atoms with E-state index in [9.17, 15) is 9.59 Å². The van der Waals surface area contributed by atoms with E-state index < -0.39 is 0 Å². The second-order valence-corrected chi connectivity index (χ2v) is 8.96. The number of fused-ring (bicyclic) bond motifs is 1. The van der Waals surface area contributed by atoms with Gasteiger partial charge in [0.05, 0.1) is 17.4 Å². The van der Waals surface area contributed by atoms with E-state index in [4.69, 9.17) is 9.47 Å². The zero-order valence-electron chi connectivity index (χ0n) is 20.8. The smallest absolute Gasteiger partial charge is 0.257 e. The predicted octanol–water partition coefficient (Wildman–Crippen LogP) is 3.44. The second kappa shape index (κ2) is 11.9. The highest BCUT2D eigenvalue weighted by atomic mass is 16.5. The van der Waals surface area contributed by atoms with Crippen molar-refractivity contribution >= 4 is 17.5 Å². The van der Waals surface area contributed by atoms with Crippen LogP contribution in [0, 0.1) is 5.92 Å². The quantitative estimate of drug-likeness (QED) is 0.724. The molecule has 1 aromatic heterocycles. The number of nitrogens with one attached hydrogen (secondary N) is 1. The number of amides is 2. The summed E-state index contributed by atoms with van der Waals surface area (Å²) in [4.78, 5) is 33.8. The molecule has 34 heavy (non-hydrogen) atoms. The molecule has 184 valence electrons. The average molecular weight is 469 g/mol. The van der Waals surface area contributed by atoms with Crippen LogP contribution in [-0.2, 0) is 16.1 Å². The van der Waals surface area contributed by atoms with Crippen LogP contribution in [0.15, 0.2) is 42.6 Å². The minimum atomic E-state index is -0.171. The van der Waals surface area contributed by atoms with Crippen LogP contribution in [-0.4, -0.2) is 72.6 Å². The maximum atomic E-state index is 13.4. The molecule has 1 aromatic carbocycles. The second-order valence-electron chi connectivity index (χ2n) is 8.96. The van der Waals surface area contributed by atoms with E-state index in [1.165, 1.54) is 0 Å². The third-order valence-electron chi connectivity index (χ3n) is 6.27. The minimum Gasteiger partial charge on any atom is -0.491 e. The van der Waals surface area contributed by atoms with Crippen molar-refractivity contribution in [1.29, 1.82) is 0 Å². The van der Waals surface area contributed by atoms with Crippen LogP contribution < -0.4 is 10.1 Å². The summed E-state index contributed by atoms with van der Waals surface area (Å²) < 4.78 is 12.0. The summed E-state index contributed by atoms with van der Waals surface area (Å²) in [6.07, 6.45) is 2.03. The number of pyridine rings is 1. The van der Waals surface area contributed by atoms with Crippen molar-refractivity contribution in [2.24, 2.45) is 5.92 Å². The van der Waals surface area contributed by atoms with Crippen LogP contribution in [0.4, 0.5) is 5.69 Å². The van der Waals surface area contributed by atoms with E-state index >= 15 is 0 Å². The Bertz CT molecular complexity index is 969. The van der Waals surface area contributed by atoms with Gasteiger partial charge in [-0.3, -0.25) is 19.5 Å². The topological polar surface area (TPSA) is 84.0 Å². The molecule has 2 amide bonds. The normalized spacial score (nSPS) is 22.2. The third kappa shape index (κ3) is 6.55. The van der Waals surface area contributed by atoms with E-state index in [0.29, 0.717) is 43.1 Å². The Morgan fingerprint density at radius 1 is 1.24 bits per heavy atom. The number of nitrogens with zero attached hydrogens (tertiary/aromatic N) is 3. The molecule has 1 aliphatic heterocycles. The van der Waals surface area contributed by atoms with E-state index in [-0.39, 0.29) is 29.9 Å². The number of likely N-dealkylation sites (N-methyl/N-ethyl adjacent to an activating group) is 1. The Labute approximate surface area is 202 Å². The molecular formula is C26H36N4O4. The molecule has 8 heteroatoms. The van der Waals surface area contributed by atoms with Crippen molar-refractivity contribution in [3.8, 4) is 5.75 Å². The fourth-order valence-corrected chi connectivity index (χ4v) is 4.10. The number of anilines is 1. The minimum absolute atomic E-state index is 0.0709. The average Bonchev–Trinajstić information content (AvgIpc) is 2.85. The van der Waals surface area contributed by atoms with Crippen LogP contribution in [0.2, 0.25) is 0 Å². The number of hydrogen-bond acceptors (Lipinski definition) is 6. The van der Waals surface area contributed by atoms with Gasteiger partial charge < -0.3 is 19.7 Å². The summed E-state index contributed by atoms with van der Waals surface area (Å²) in [5, 5.41) is 2.83. The monoisotopic (exact) mass is 468 g/mol. The zero-order chi connectivity index (χ0) is 24.7. The Morgan fingerprint density at radius 2 is 2.03 bits per heavy atom. The third-order valence-corrected chi connectivity index (χ3v) is 6.27. The first kappa shape index (κ1) is 25.6. The maximum Gasteiger partial charge on any atom is 0.257 e. The lowest BCUT2D eigenvalue weighted by Crippen LogP contribution is -2.46. The lowest BCUT2D eigenvalue weighted by Gasteiger charge is -2.35. The largest absolute Gasteiger partial charge is 0.491 e. The molecule has 1 aliphatic rings. The van der Waals surface area contributed by atoms with Gasteiger partial charge in [-0.2, -0.15) is 0 Å². The number of carbonyl (C=O) groups is 2. The molecule has 0 bridgehead atoms. The van der Waals surface area contributed by atoms with Crippen molar-refractivity contribution < 1.29 is 19.1 Å². The summed E-state index contributed by atoms with van der Waals surface area (Å²) in [7, 11) is 3.45. The molecule has 3 rings (SSSR count). The number of benzene rings is 1. The molecule has 0 unspecified atom stereocenters. The van der Waals surface area contributed by atoms with E-state index in [0.717, 1.165) is 12.2 Å². The van der Waals surface area contributed by atoms with Gasteiger partial charge in [-0.05, 0) is 43.2 Å².